The first-order valence-electron chi connectivity index (χ1n) is 8.30. The molecule has 0 aliphatic carbocycles. The van der Waals surface area contributed by atoms with Crippen molar-refractivity contribution < 1.29 is 9.53 Å². The van der Waals surface area contributed by atoms with Crippen molar-refractivity contribution in [1.82, 2.24) is 5.32 Å². The second-order valence-corrected chi connectivity index (χ2v) is 6.50. The summed E-state index contributed by atoms with van der Waals surface area (Å²) in [5.74, 6) is 0.707. The molecule has 1 fully saturated rings. The minimum absolute atomic E-state index is 0.119. The van der Waals surface area contributed by atoms with Crippen LogP contribution >= 0.6 is 11.8 Å². The number of nitrogens with zero attached hydrogens (tertiary/aromatic N) is 1. The highest BCUT2D eigenvalue weighted by atomic mass is 32.2. The number of hydrogen-bond acceptors (Lipinski definition) is 4. The molecule has 1 aliphatic rings. The Bertz CT molecular complexity index is 826. The molecule has 4 nitrogen and oxygen atoms in total. The number of ether oxygens (including phenoxy) is 1. The Hall–Kier alpha value is -2.53. The van der Waals surface area contributed by atoms with E-state index in [2.05, 4.69) is 23.3 Å². The normalized spacial score (nSPS) is 17.1. The number of benzene rings is 2. The van der Waals surface area contributed by atoms with Gasteiger partial charge in [-0.2, -0.15) is 0 Å². The van der Waals surface area contributed by atoms with Crippen molar-refractivity contribution in [1.29, 1.82) is 0 Å². The first kappa shape index (κ1) is 17.3. The summed E-state index contributed by atoms with van der Waals surface area (Å²) in [7, 11) is 0. The number of aliphatic imine (C=N–C) groups is 1. The summed E-state index contributed by atoms with van der Waals surface area (Å²) in [4.78, 5) is 17.4. The summed E-state index contributed by atoms with van der Waals surface area (Å²) < 4.78 is 5.43. The highest BCUT2D eigenvalue weighted by Crippen LogP contribution is 2.29. The van der Waals surface area contributed by atoms with Crippen LogP contribution < -0.4 is 10.1 Å². The molecular formula is C20H20N2O2S. The first-order valence-corrected chi connectivity index (χ1v) is 9.11. The fourth-order valence-corrected chi connectivity index (χ4v) is 3.32. The predicted octanol–water partition coefficient (Wildman–Crippen LogP) is 4.54. The quantitative estimate of drug-likeness (QED) is 0.804. The molecule has 1 aliphatic heterocycles. The lowest BCUT2D eigenvalue weighted by Crippen LogP contribution is -2.19. The lowest BCUT2D eigenvalue weighted by molar-refractivity contribution is -0.115. The lowest BCUT2D eigenvalue weighted by Gasteiger charge is -2.03. The summed E-state index contributed by atoms with van der Waals surface area (Å²) in [5.41, 5.74) is 3.01. The smallest absolute Gasteiger partial charge is 0.264 e. The number of nitrogens with one attached hydrogen (secondary N) is 1. The molecular weight excluding hydrogens is 332 g/mol. The maximum Gasteiger partial charge on any atom is 0.264 e. The van der Waals surface area contributed by atoms with Gasteiger partial charge in [0.1, 0.15) is 5.75 Å². The van der Waals surface area contributed by atoms with E-state index in [0.29, 0.717) is 16.7 Å². The van der Waals surface area contributed by atoms with Crippen molar-refractivity contribution in [3.8, 4) is 5.75 Å². The van der Waals surface area contributed by atoms with E-state index in [0.717, 1.165) is 29.0 Å². The number of para-hydroxylation sites is 1. The molecule has 0 radical (unpaired) electrons. The molecule has 1 heterocycles. The van der Waals surface area contributed by atoms with Gasteiger partial charge in [-0.25, -0.2) is 4.99 Å². The molecule has 2 aromatic carbocycles. The molecule has 25 heavy (non-hydrogen) atoms. The molecule has 0 saturated carbocycles. The highest BCUT2D eigenvalue weighted by molar-refractivity contribution is 8.18. The SMILES string of the molecule is CCOc1ccc(/C=C2\SC(=Nc3ccccc3CC)NC2=O)cc1. The highest BCUT2D eigenvalue weighted by Gasteiger charge is 2.23. The first-order chi connectivity index (χ1) is 12.2. The maximum atomic E-state index is 12.2. The van der Waals surface area contributed by atoms with Gasteiger partial charge in [-0.3, -0.25) is 4.79 Å². The minimum atomic E-state index is -0.119. The molecule has 0 bridgehead atoms. The monoisotopic (exact) mass is 352 g/mol. The number of rotatable bonds is 5. The zero-order valence-electron chi connectivity index (χ0n) is 14.3. The van der Waals surface area contributed by atoms with E-state index in [9.17, 15) is 4.79 Å². The van der Waals surface area contributed by atoms with E-state index in [1.165, 1.54) is 11.8 Å². The van der Waals surface area contributed by atoms with Crippen LogP contribution in [0.4, 0.5) is 5.69 Å². The van der Waals surface area contributed by atoms with Gasteiger partial charge in [-0.15, -0.1) is 0 Å². The standard InChI is InChI=1S/C20H20N2O2S/c1-3-15-7-5-6-8-17(15)21-20-22-19(23)18(25-20)13-14-9-11-16(12-10-14)24-4-2/h5-13H,3-4H2,1-2H3,(H,21,22,23)/b18-13-. The van der Waals surface area contributed by atoms with Crippen LogP contribution in [0.2, 0.25) is 0 Å². The van der Waals surface area contributed by atoms with Gasteiger partial charge in [-0.05, 0) is 60.5 Å². The van der Waals surface area contributed by atoms with Crippen molar-refractivity contribution in [2.75, 3.05) is 6.61 Å². The van der Waals surface area contributed by atoms with Crippen molar-refractivity contribution in [2.45, 2.75) is 20.3 Å². The number of amidine groups is 1. The van der Waals surface area contributed by atoms with E-state index in [4.69, 9.17) is 4.74 Å². The number of thioether (sulfide) groups is 1. The molecule has 2 aromatic rings. The van der Waals surface area contributed by atoms with Gasteiger partial charge in [0.15, 0.2) is 5.17 Å². The average molecular weight is 352 g/mol. The van der Waals surface area contributed by atoms with Crippen molar-refractivity contribution >= 4 is 34.6 Å². The molecule has 0 spiro atoms. The fourth-order valence-electron chi connectivity index (χ4n) is 2.49. The summed E-state index contributed by atoms with van der Waals surface area (Å²) >= 11 is 1.36. The van der Waals surface area contributed by atoms with Gasteiger partial charge in [-0.1, -0.05) is 37.3 Å². The third-order valence-corrected chi connectivity index (χ3v) is 4.64. The Kier molecular flexibility index (Phi) is 5.56. The molecule has 3 rings (SSSR count). The molecule has 1 saturated heterocycles. The van der Waals surface area contributed by atoms with Gasteiger partial charge < -0.3 is 10.1 Å². The summed E-state index contributed by atoms with van der Waals surface area (Å²) in [6.07, 6.45) is 2.77. The molecule has 0 aromatic heterocycles. The number of hydrogen-bond donors (Lipinski definition) is 1. The van der Waals surface area contributed by atoms with E-state index in [1.807, 2.05) is 55.5 Å². The van der Waals surface area contributed by atoms with E-state index in [-0.39, 0.29) is 5.91 Å². The number of carbonyl (C=O) groups excluding carboxylic acids is 1. The number of amides is 1. The molecule has 5 heteroatoms. The molecule has 0 atom stereocenters. The second kappa shape index (κ2) is 8.03. The Balaban J connectivity index is 1.79. The van der Waals surface area contributed by atoms with Crippen molar-refractivity contribution in [3.63, 3.8) is 0 Å². The van der Waals surface area contributed by atoms with Crippen molar-refractivity contribution in [3.05, 3.63) is 64.6 Å². The lowest BCUT2D eigenvalue weighted by atomic mass is 10.1. The second-order valence-electron chi connectivity index (χ2n) is 5.47. The Morgan fingerprint density at radius 3 is 2.60 bits per heavy atom. The van der Waals surface area contributed by atoms with Crippen LogP contribution in [0.5, 0.6) is 5.75 Å². The maximum absolute atomic E-state index is 12.2. The summed E-state index contributed by atoms with van der Waals surface area (Å²) in [6, 6.07) is 15.7. The Morgan fingerprint density at radius 1 is 1.12 bits per heavy atom. The number of carbonyl (C=O) groups is 1. The zero-order valence-corrected chi connectivity index (χ0v) is 15.1. The van der Waals surface area contributed by atoms with Crippen molar-refractivity contribution in [2.24, 2.45) is 4.99 Å². The minimum Gasteiger partial charge on any atom is -0.494 e. The van der Waals surface area contributed by atoms with Gasteiger partial charge in [0.05, 0.1) is 17.2 Å². The van der Waals surface area contributed by atoms with Gasteiger partial charge in [0, 0.05) is 0 Å². The van der Waals surface area contributed by atoms with Crippen LogP contribution in [0.15, 0.2) is 58.4 Å². The van der Waals surface area contributed by atoms with Crippen LogP contribution in [-0.2, 0) is 11.2 Å². The Morgan fingerprint density at radius 2 is 1.88 bits per heavy atom. The fraction of sp³-hybridized carbons (Fsp3) is 0.200. The topological polar surface area (TPSA) is 50.7 Å². The molecule has 0 unspecified atom stereocenters. The van der Waals surface area contributed by atoms with Gasteiger partial charge >= 0.3 is 0 Å². The molecule has 1 amide bonds. The van der Waals surface area contributed by atoms with E-state index < -0.39 is 0 Å². The summed E-state index contributed by atoms with van der Waals surface area (Å²) in [5, 5.41) is 3.45. The van der Waals surface area contributed by atoms with Crippen LogP contribution in [0.3, 0.4) is 0 Å². The number of aryl methyl sites for hydroxylation is 1. The Labute approximate surface area is 152 Å². The van der Waals surface area contributed by atoms with E-state index >= 15 is 0 Å². The zero-order chi connectivity index (χ0) is 17.6. The van der Waals surface area contributed by atoms with Gasteiger partial charge in [0.2, 0.25) is 0 Å². The van der Waals surface area contributed by atoms with E-state index in [1.54, 1.807) is 0 Å². The van der Waals surface area contributed by atoms with Crippen LogP contribution in [-0.4, -0.2) is 17.7 Å². The summed E-state index contributed by atoms with van der Waals surface area (Å²) in [6.45, 7) is 4.68. The largest absolute Gasteiger partial charge is 0.494 e. The average Bonchev–Trinajstić information content (AvgIpc) is 2.96. The van der Waals surface area contributed by atoms with Crippen LogP contribution in [0.25, 0.3) is 6.08 Å². The molecule has 1 N–H and O–H groups in total. The van der Waals surface area contributed by atoms with Crippen LogP contribution in [0, 0.1) is 0 Å². The predicted molar refractivity (Wildman–Crippen MR) is 104 cm³/mol. The third kappa shape index (κ3) is 4.31. The van der Waals surface area contributed by atoms with Crippen LogP contribution in [0.1, 0.15) is 25.0 Å². The van der Waals surface area contributed by atoms with Gasteiger partial charge in [0.25, 0.3) is 5.91 Å². The molecule has 128 valence electrons. The third-order valence-electron chi connectivity index (χ3n) is 3.73.